The van der Waals surface area contributed by atoms with Crippen LogP contribution in [0.25, 0.3) is 0 Å². The molecule has 0 aromatic carbocycles. The highest BCUT2D eigenvalue weighted by Crippen LogP contribution is 2.32. The smallest absolute Gasteiger partial charge is 0.326 e. The molecule has 0 aliphatic heterocycles. The molecule has 0 aromatic heterocycles. The molecule has 0 spiro atoms. The van der Waals surface area contributed by atoms with Crippen LogP contribution in [0.5, 0.6) is 0 Å². The van der Waals surface area contributed by atoms with Crippen molar-refractivity contribution >= 4 is 12.0 Å². The number of hydrogen-bond donors (Lipinski definition) is 3. The fourth-order valence-corrected chi connectivity index (χ4v) is 2.95. The Morgan fingerprint density at radius 2 is 1.63 bits per heavy atom. The molecule has 0 saturated heterocycles. The molecule has 2 amide bonds. The van der Waals surface area contributed by atoms with Crippen molar-refractivity contribution in [3.63, 3.8) is 0 Å². The first-order chi connectivity index (χ1) is 9.08. The van der Waals surface area contributed by atoms with Gasteiger partial charge in [-0.05, 0) is 44.4 Å². The zero-order valence-corrected chi connectivity index (χ0v) is 11.5. The first-order valence-corrected chi connectivity index (χ1v) is 7.37. The summed E-state index contributed by atoms with van der Waals surface area (Å²) in [4.78, 5) is 23.2. The molecule has 3 N–H and O–H groups in total. The summed E-state index contributed by atoms with van der Waals surface area (Å²) in [6.45, 7) is 1.98. The van der Waals surface area contributed by atoms with Gasteiger partial charge in [0.15, 0.2) is 0 Å². The van der Waals surface area contributed by atoms with E-state index < -0.39 is 12.0 Å². The third kappa shape index (κ3) is 4.11. The summed E-state index contributed by atoms with van der Waals surface area (Å²) in [6, 6.07) is -0.940. The molecule has 2 rings (SSSR count). The normalized spacial score (nSPS) is 23.4. The van der Waals surface area contributed by atoms with Crippen LogP contribution in [0.4, 0.5) is 4.79 Å². The van der Waals surface area contributed by atoms with Crippen LogP contribution >= 0.6 is 0 Å². The van der Waals surface area contributed by atoms with Crippen LogP contribution in [0.1, 0.15) is 51.9 Å². The second-order valence-corrected chi connectivity index (χ2v) is 5.96. The average molecular weight is 268 g/mol. The standard InChI is InChI=1S/C14H24N2O3/c1-9(10-7-8-10)15-14(19)16-12(13(17)18)11-5-3-2-4-6-11/h9-12H,2-8H2,1H3,(H,17,18)(H2,15,16,19). The third-order valence-electron chi connectivity index (χ3n) is 4.36. The molecule has 2 aliphatic carbocycles. The number of urea groups is 1. The Morgan fingerprint density at radius 1 is 1.00 bits per heavy atom. The van der Waals surface area contributed by atoms with Crippen molar-refractivity contribution in [2.45, 2.75) is 64.0 Å². The van der Waals surface area contributed by atoms with E-state index in [9.17, 15) is 14.7 Å². The van der Waals surface area contributed by atoms with Crippen LogP contribution in [-0.4, -0.2) is 29.2 Å². The van der Waals surface area contributed by atoms with Gasteiger partial charge in [-0.2, -0.15) is 0 Å². The van der Waals surface area contributed by atoms with E-state index in [4.69, 9.17) is 0 Å². The van der Waals surface area contributed by atoms with Crippen molar-refractivity contribution in [3.05, 3.63) is 0 Å². The third-order valence-corrected chi connectivity index (χ3v) is 4.36. The summed E-state index contributed by atoms with van der Waals surface area (Å²) in [5, 5.41) is 14.8. The average Bonchev–Trinajstić information content (AvgIpc) is 3.21. The van der Waals surface area contributed by atoms with Crippen molar-refractivity contribution in [1.29, 1.82) is 0 Å². The first kappa shape index (κ1) is 14.2. The summed E-state index contributed by atoms with van der Waals surface area (Å²) in [7, 11) is 0. The zero-order valence-electron chi connectivity index (χ0n) is 11.5. The number of aliphatic carboxylic acids is 1. The van der Waals surface area contributed by atoms with Crippen molar-refractivity contribution in [3.8, 4) is 0 Å². The number of carbonyl (C=O) groups is 2. The summed E-state index contributed by atoms with van der Waals surface area (Å²) in [5.74, 6) is -0.266. The second kappa shape index (κ2) is 6.26. The van der Waals surface area contributed by atoms with E-state index >= 15 is 0 Å². The number of carbonyl (C=O) groups excluding carboxylic acids is 1. The Balaban J connectivity index is 1.84. The molecule has 2 fully saturated rings. The first-order valence-electron chi connectivity index (χ1n) is 7.37. The minimum atomic E-state index is -0.916. The number of carboxylic acid groups (broad SMARTS) is 1. The van der Waals surface area contributed by atoms with Crippen LogP contribution in [-0.2, 0) is 4.79 Å². The lowest BCUT2D eigenvalue weighted by atomic mass is 9.84. The molecular formula is C14H24N2O3. The van der Waals surface area contributed by atoms with Gasteiger partial charge in [-0.3, -0.25) is 0 Å². The largest absolute Gasteiger partial charge is 0.480 e. The van der Waals surface area contributed by atoms with Crippen molar-refractivity contribution in [2.75, 3.05) is 0 Å². The predicted octanol–water partition coefficient (Wildman–Crippen LogP) is 2.12. The second-order valence-electron chi connectivity index (χ2n) is 5.96. The van der Waals surface area contributed by atoms with Crippen LogP contribution in [0.3, 0.4) is 0 Å². The molecule has 5 heteroatoms. The SMILES string of the molecule is CC(NC(=O)NC(C(=O)O)C1CCCCC1)C1CC1. The monoisotopic (exact) mass is 268 g/mol. The Labute approximate surface area is 114 Å². The maximum absolute atomic E-state index is 11.9. The van der Waals surface area contributed by atoms with Gasteiger partial charge < -0.3 is 15.7 Å². The van der Waals surface area contributed by atoms with Gasteiger partial charge in [0.1, 0.15) is 6.04 Å². The van der Waals surface area contributed by atoms with Crippen molar-refractivity contribution in [1.82, 2.24) is 10.6 Å². The van der Waals surface area contributed by atoms with Crippen molar-refractivity contribution < 1.29 is 14.7 Å². The van der Waals surface area contributed by atoms with E-state index in [1.165, 1.54) is 6.42 Å². The van der Waals surface area contributed by atoms with E-state index in [-0.39, 0.29) is 18.0 Å². The molecule has 2 unspecified atom stereocenters. The van der Waals surface area contributed by atoms with E-state index in [0.29, 0.717) is 5.92 Å². The number of nitrogens with one attached hydrogen (secondary N) is 2. The lowest BCUT2D eigenvalue weighted by molar-refractivity contribution is -0.141. The van der Waals surface area contributed by atoms with Gasteiger partial charge >= 0.3 is 12.0 Å². The fraction of sp³-hybridized carbons (Fsp3) is 0.857. The highest BCUT2D eigenvalue weighted by Gasteiger charge is 2.33. The molecule has 0 radical (unpaired) electrons. The number of carboxylic acids is 1. The Kier molecular flexibility index (Phi) is 4.66. The maximum atomic E-state index is 11.9. The molecular weight excluding hydrogens is 244 g/mol. The van der Waals surface area contributed by atoms with E-state index in [1.54, 1.807) is 0 Å². The predicted molar refractivity (Wildman–Crippen MR) is 71.9 cm³/mol. The summed E-state index contributed by atoms with van der Waals surface area (Å²) < 4.78 is 0. The molecule has 5 nitrogen and oxygen atoms in total. The van der Waals surface area contributed by atoms with Crippen LogP contribution in [0, 0.1) is 11.8 Å². The molecule has 0 heterocycles. The lowest BCUT2D eigenvalue weighted by Gasteiger charge is -2.28. The van der Waals surface area contributed by atoms with Gasteiger partial charge in [-0.25, -0.2) is 9.59 Å². The summed E-state index contributed by atoms with van der Waals surface area (Å²) in [6.07, 6.45) is 7.42. The zero-order chi connectivity index (χ0) is 13.8. The Bertz CT molecular complexity index is 336. The molecule has 2 atom stereocenters. The molecule has 2 aliphatic rings. The van der Waals surface area contributed by atoms with Gasteiger partial charge in [-0.1, -0.05) is 19.3 Å². The van der Waals surface area contributed by atoms with E-state index in [2.05, 4.69) is 10.6 Å². The number of rotatable bonds is 5. The van der Waals surface area contributed by atoms with Crippen LogP contribution in [0.15, 0.2) is 0 Å². The molecule has 108 valence electrons. The summed E-state index contributed by atoms with van der Waals surface area (Å²) >= 11 is 0. The minimum absolute atomic E-state index is 0.0771. The quantitative estimate of drug-likeness (QED) is 0.714. The Morgan fingerprint density at radius 3 is 2.16 bits per heavy atom. The highest BCUT2D eigenvalue weighted by molar-refractivity contribution is 5.82. The maximum Gasteiger partial charge on any atom is 0.326 e. The lowest BCUT2D eigenvalue weighted by Crippen LogP contribution is -2.52. The van der Waals surface area contributed by atoms with Gasteiger partial charge in [0.05, 0.1) is 0 Å². The van der Waals surface area contributed by atoms with Crippen molar-refractivity contribution in [2.24, 2.45) is 11.8 Å². The summed E-state index contributed by atoms with van der Waals surface area (Å²) in [5.41, 5.74) is 0. The molecule has 0 aromatic rings. The van der Waals surface area contributed by atoms with Gasteiger partial charge in [0.2, 0.25) is 0 Å². The fourth-order valence-electron chi connectivity index (χ4n) is 2.95. The van der Waals surface area contributed by atoms with Crippen LogP contribution < -0.4 is 10.6 Å². The molecule has 0 bridgehead atoms. The molecule has 19 heavy (non-hydrogen) atoms. The number of hydrogen-bond acceptors (Lipinski definition) is 2. The topological polar surface area (TPSA) is 78.4 Å². The highest BCUT2D eigenvalue weighted by atomic mass is 16.4. The van der Waals surface area contributed by atoms with Gasteiger partial charge in [0, 0.05) is 6.04 Å². The van der Waals surface area contributed by atoms with Crippen LogP contribution in [0.2, 0.25) is 0 Å². The Hall–Kier alpha value is -1.26. The minimum Gasteiger partial charge on any atom is -0.480 e. The molecule has 2 saturated carbocycles. The van der Waals surface area contributed by atoms with Gasteiger partial charge in [0.25, 0.3) is 0 Å². The van der Waals surface area contributed by atoms with Gasteiger partial charge in [-0.15, -0.1) is 0 Å². The number of amides is 2. The van der Waals surface area contributed by atoms with E-state index in [1.807, 2.05) is 6.92 Å². The van der Waals surface area contributed by atoms with E-state index in [0.717, 1.165) is 38.5 Å².